The zero-order valence-corrected chi connectivity index (χ0v) is 7.45. The number of hydrogen-bond donors (Lipinski definition) is 0. The first-order chi connectivity index (χ1) is 4.48. The number of ether oxygens (including phenoxy) is 1. The lowest BCUT2D eigenvalue weighted by Gasteiger charge is -2.13. The van der Waals surface area contributed by atoms with E-state index in [0.717, 1.165) is 0 Å². The molecule has 0 heterocycles. The summed E-state index contributed by atoms with van der Waals surface area (Å²) in [6.07, 6.45) is 0.496. The van der Waals surface area contributed by atoms with Crippen LogP contribution in [-0.4, -0.2) is 23.3 Å². The number of hydrogen-bond acceptors (Lipinski definition) is 2. The second kappa shape index (κ2) is 4.16. The molecule has 0 radical (unpaired) electrons. The molecule has 0 N–H and O–H groups in total. The number of carbonyl (C=O) groups excluding carboxylic acids is 1. The summed E-state index contributed by atoms with van der Waals surface area (Å²) < 4.78 is 3.62. The van der Waals surface area contributed by atoms with Gasteiger partial charge in [0, 0.05) is 0 Å². The minimum atomic E-state index is -1.38. The smallest absolute Gasteiger partial charge is 0.195 e. The van der Waals surface area contributed by atoms with Crippen molar-refractivity contribution in [3.63, 3.8) is 0 Å². The summed E-state index contributed by atoms with van der Waals surface area (Å²) in [6, 6.07) is 0. The Morgan fingerprint density at radius 1 is 1.60 bits per heavy atom. The number of carbonyl (C=O) groups is 1. The molecule has 60 valence electrons. The van der Waals surface area contributed by atoms with Crippen LogP contribution < -0.4 is 0 Å². The Kier molecular flexibility index (Phi) is 4.25. The van der Waals surface area contributed by atoms with Crippen LogP contribution in [0.4, 0.5) is 0 Å². The van der Waals surface area contributed by atoms with Gasteiger partial charge in [0.05, 0.1) is 12.7 Å². The molecule has 0 rings (SSSR count). The summed E-state index contributed by atoms with van der Waals surface area (Å²) in [7, 11) is 0. The van der Waals surface area contributed by atoms with Crippen LogP contribution in [0.2, 0.25) is 0 Å². The largest absolute Gasteiger partial charge is 0.375 e. The first-order valence-corrected chi connectivity index (χ1v) is 3.69. The molecular formula is C6H10Cl2O2. The van der Waals surface area contributed by atoms with Crippen molar-refractivity contribution in [3.05, 3.63) is 0 Å². The Labute approximate surface area is 70.4 Å². The molecule has 0 aromatic carbocycles. The Morgan fingerprint density at radius 3 is 2.40 bits per heavy atom. The maximum absolute atomic E-state index is 10.1. The minimum absolute atomic E-state index is 0.0387. The molecule has 0 saturated carbocycles. The van der Waals surface area contributed by atoms with Gasteiger partial charge >= 0.3 is 0 Å². The molecule has 0 aliphatic heterocycles. The van der Waals surface area contributed by atoms with Gasteiger partial charge in [-0.25, -0.2) is 0 Å². The van der Waals surface area contributed by atoms with Crippen LogP contribution >= 0.6 is 23.2 Å². The maximum Gasteiger partial charge on any atom is 0.195 e. The molecule has 4 heteroatoms. The number of aldehydes is 1. The second-order valence-corrected chi connectivity index (χ2v) is 3.78. The van der Waals surface area contributed by atoms with Gasteiger partial charge in [-0.3, -0.25) is 4.79 Å². The Hall–Kier alpha value is 0.210. The Balaban J connectivity index is 3.56. The van der Waals surface area contributed by atoms with Gasteiger partial charge in [-0.05, 0) is 13.8 Å². The third-order valence-electron chi connectivity index (χ3n) is 0.782. The van der Waals surface area contributed by atoms with Crippen LogP contribution in [0.3, 0.4) is 0 Å². The fraction of sp³-hybridized carbons (Fsp3) is 0.833. The summed E-state index contributed by atoms with van der Waals surface area (Å²) in [5.74, 6) is 0. The van der Waals surface area contributed by atoms with Crippen molar-refractivity contribution in [2.45, 2.75) is 24.3 Å². The highest BCUT2D eigenvalue weighted by atomic mass is 35.5. The predicted octanol–water partition coefficient (Wildman–Crippen LogP) is 1.78. The molecule has 10 heavy (non-hydrogen) atoms. The number of halogens is 2. The van der Waals surface area contributed by atoms with Crippen LogP contribution in [0.15, 0.2) is 0 Å². The molecule has 0 atom stereocenters. The van der Waals surface area contributed by atoms with E-state index in [1.807, 2.05) is 13.8 Å². The number of rotatable bonds is 4. The first-order valence-electron chi connectivity index (χ1n) is 2.93. The SMILES string of the molecule is CC(C)OCC(Cl)(Cl)C=O. The van der Waals surface area contributed by atoms with Crippen molar-refractivity contribution in [1.82, 2.24) is 0 Å². The van der Waals surface area contributed by atoms with E-state index < -0.39 is 4.33 Å². The van der Waals surface area contributed by atoms with Crippen LogP contribution in [-0.2, 0) is 9.53 Å². The third kappa shape index (κ3) is 5.03. The van der Waals surface area contributed by atoms with E-state index in [4.69, 9.17) is 27.9 Å². The molecule has 0 fully saturated rings. The van der Waals surface area contributed by atoms with Crippen LogP contribution in [0.5, 0.6) is 0 Å². The molecule has 0 aromatic heterocycles. The van der Waals surface area contributed by atoms with E-state index in [-0.39, 0.29) is 12.7 Å². The highest BCUT2D eigenvalue weighted by Gasteiger charge is 2.23. The van der Waals surface area contributed by atoms with Gasteiger partial charge in [0.1, 0.15) is 0 Å². The highest BCUT2D eigenvalue weighted by Crippen LogP contribution is 2.18. The third-order valence-corrected chi connectivity index (χ3v) is 1.18. The van der Waals surface area contributed by atoms with E-state index >= 15 is 0 Å². The van der Waals surface area contributed by atoms with E-state index in [0.29, 0.717) is 6.29 Å². The normalized spacial score (nSPS) is 12.1. The molecule has 0 spiro atoms. The monoisotopic (exact) mass is 184 g/mol. The summed E-state index contributed by atoms with van der Waals surface area (Å²) >= 11 is 10.9. The van der Waals surface area contributed by atoms with E-state index in [9.17, 15) is 4.79 Å². The van der Waals surface area contributed by atoms with Crippen LogP contribution in [0.1, 0.15) is 13.8 Å². The standard InChI is InChI=1S/C6H10Cl2O2/c1-5(2)10-4-6(7,8)3-9/h3,5H,4H2,1-2H3. The molecule has 0 aliphatic carbocycles. The zero-order valence-electron chi connectivity index (χ0n) is 5.93. The molecule has 0 aliphatic rings. The molecule has 0 saturated heterocycles. The van der Waals surface area contributed by atoms with Crippen molar-refractivity contribution in [2.75, 3.05) is 6.61 Å². The fourth-order valence-electron chi connectivity index (χ4n) is 0.312. The highest BCUT2D eigenvalue weighted by molar-refractivity contribution is 6.55. The van der Waals surface area contributed by atoms with Gasteiger partial charge in [-0.15, -0.1) is 0 Å². The second-order valence-electron chi connectivity index (χ2n) is 2.24. The quantitative estimate of drug-likeness (QED) is 0.492. The molecular weight excluding hydrogens is 175 g/mol. The van der Waals surface area contributed by atoms with Gasteiger partial charge in [-0.1, -0.05) is 23.2 Å². The van der Waals surface area contributed by atoms with Gasteiger partial charge in [-0.2, -0.15) is 0 Å². The average molecular weight is 185 g/mol. The van der Waals surface area contributed by atoms with Gasteiger partial charge in [0.25, 0.3) is 0 Å². The first kappa shape index (κ1) is 10.2. The lowest BCUT2D eigenvalue weighted by atomic mass is 10.4. The van der Waals surface area contributed by atoms with Gasteiger partial charge < -0.3 is 4.74 Å². The van der Waals surface area contributed by atoms with E-state index in [1.54, 1.807) is 0 Å². The fourth-order valence-corrected chi connectivity index (χ4v) is 0.438. The Morgan fingerprint density at radius 2 is 2.10 bits per heavy atom. The zero-order chi connectivity index (χ0) is 8.20. The van der Waals surface area contributed by atoms with Crippen molar-refractivity contribution < 1.29 is 9.53 Å². The lowest BCUT2D eigenvalue weighted by molar-refractivity contribution is -0.109. The minimum Gasteiger partial charge on any atom is -0.375 e. The predicted molar refractivity (Wildman–Crippen MR) is 41.6 cm³/mol. The van der Waals surface area contributed by atoms with E-state index in [2.05, 4.69) is 0 Å². The van der Waals surface area contributed by atoms with Crippen molar-refractivity contribution >= 4 is 29.5 Å². The summed E-state index contributed by atoms with van der Waals surface area (Å²) in [6.45, 7) is 3.72. The van der Waals surface area contributed by atoms with Gasteiger partial charge in [0.15, 0.2) is 10.6 Å². The lowest BCUT2D eigenvalue weighted by Crippen LogP contribution is -2.24. The van der Waals surface area contributed by atoms with Crippen molar-refractivity contribution in [2.24, 2.45) is 0 Å². The van der Waals surface area contributed by atoms with Crippen LogP contribution in [0.25, 0.3) is 0 Å². The average Bonchev–Trinajstić information content (AvgIpc) is 1.85. The van der Waals surface area contributed by atoms with Gasteiger partial charge in [0.2, 0.25) is 0 Å². The maximum atomic E-state index is 10.1. The topological polar surface area (TPSA) is 26.3 Å². The number of alkyl halides is 2. The summed E-state index contributed by atoms with van der Waals surface area (Å²) in [4.78, 5) is 10.1. The summed E-state index contributed by atoms with van der Waals surface area (Å²) in [5, 5.41) is 0. The Bertz CT molecular complexity index is 112. The molecule has 0 unspecified atom stereocenters. The summed E-state index contributed by atoms with van der Waals surface area (Å²) in [5.41, 5.74) is 0. The van der Waals surface area contributed by atoms with Crippen molar-refractivity contribution in [1.29, 1.82) is 0 Å². The molecule has 0 aromatic rings. The molecule has 2 nitrogen and oxygen atoms in total. The van der Waals surface area contributed by atoms with Crippen molar-refractivity contribution in [3.8, 4) is 0 Å². The molecule has 0 bridgehead atoms. The molecule has 0 amide bonds. The van der Waals surface area contributed by atoms with E-state index in [1.165, 1.54) is 0 Å². The van der Waals surface area contributed by atoms with Crippen LogP contribution in [0, 0.1) is 0 Å².